The van der Waals surface area contributed by atoms with E-state index in [0.29, 0.717) is 11.6 Å². The molecule has 1 atom stereocenters. The topological polar surface area (TPSA) is 55.0 Å². The summed E-state index contributed by atoms with van der Waals surface area (Å²) in [6.07, 6.45) is 1.90. The maximum absolute atomic E-state index is 11.7. The molecule has 0 aromatic carbocycles. The van der Waals surface area contributed by atoms with Crippen molar-refractivity contribution in [3.05, 3.63) is 17.5 Å². The first kappa shape index (κ1) is 13.1. The highest BCUT2D eigenvalue weighted by Gasteiger charge is 2.15. The van der Waals surface area contributed by atoms with Crippen LogP contribution in [-0.2, 0) is 4.74 Å². The van der Waals surface area contributed by atoms with E-state index in [1.54, 1.807) is 17.8 Å². The molecular weight excluding hydrogens is 224 g/mol. The number of carbonyl (C=O) groups excluding carboxylic acids is 1. The van der Waals surface area contributed by atoms with E-state index in [2.05, 4.69) is 10.2 Å². The molecule has 1 aromatic heterocycles. The van der Waals surface area contributed by atoms with Gasteiger partial charge in [0.1, 0.15) is 6.10 Å². The van der Waals surface area contributed by atoms with Crippen molar-refractivity contribution < 1.29 is 9.53 Å². The Morgan fingerprint density at radius 3 is 2.75 bits per heavy atom. The van der Waals surface area contributed by atoms with Crippen LogP contribution in [0.1, 0.15) is 42.9 Å². The van der Waals surface area contributed by atoms with Gasteiger partial charge in [0.2, 0.25) is 0 Å². The highest BCUT2D eigenvalue weighted by Crippen LogP contribution is 2.13. The lowest BCUT2D eigenvalue weighted by molar-refractivity contribution is 0.0379. The van der Waals surface area contributed by atoms with E-state index in [9.17, 15) is 4.79 Å². The first-order valence-corrected chi connectivity index (χ1v) is 6.69. The summed E-state index contributed by atoms with van der Waals surface area (Å²) in [5, 5.41) is 6.78. The zero-order chi connectivity index (χ0) is 12.1. The summed E-state index contributed by atoms with van der Waals surface area (Å²) in [6, 6.07) is 1.75. The minimum atomic E-state index is -0.357. The van der Waals surface area contributed by atoms with Crippen LogP contribution in [0.5, 0.6) is 0 Å². The first-order valence-electron chi connectivity index (χ1n) is 5.29. The number of aromatic nitrogens is 2. The highest BCUT2D eigenvalue weighted by molar-refractivity contribution is 7.98. The fourth-order valence-electron chi connectivity index (χ4n) is 1.25. The molecule has 0 unspecified atom stereocenters. The van der Waals surface area contributed by atoms with Gasteiger partial charge in [0.15, 0.2) is 5.69 Å². The first-order chi connectivity index (χ1) is 7.54. The molecule has 0 radical (unpaired) electrons. The molecule has 0 aliphatic heterocycles. The smallest absolute Gasteiger partial charge is 0.359 e. The standard InChI is InChI=1S/C11H18N2O2S/c1-7(2)9-5-10(13-12-9)11(14)15-8(3)6-16-4/h5,7-8H,6H2,1-4H3,(H,12,13)/t8-/m1/s1. The summed E-state index contributed by atoms with van der Waals surface area (Å²) >= 11 is 1.65. The van der Waals surface area contributed by atoms with Gasteiger partial charge < -0.3 is 4.74 Å². The van der Waals surface area contributed by atoms with Gasteiger partial charge in [0.25, 0.3) is 0 Å². The Morgan fingerprint density at radius 1 is 1.56 bits per heavy atom. The van der Waals surface area contributed by atoms with Crippen molar-refractivity contribution in [2.45, 2.75) is 32.8 Å². The molecule has 90 valence electrons. The number of rotatable bonds is 5. The van der Waals surface area contributed by atoms with Gasteiger partial charge in [-0.3, -0.25) is 5.10 Å². The largest absolute Gasteiger partial charge is 0.457 e. The molecule has 0 bridgehead atoms. The lowest BCUT2D eigenvalue weighted by Crippen LogP contribution is -2.17. The molecule has 0 saturated carbocycles. The molecular formula is C11H18N2O2S. The van der Waals surface area contributed by atoms with E-state index in [1.165, 1.54) is 0 Å². The third kappa shape index (κ3) is 3.56. The number of thioether (sulfide) groups is 1. The van der Waals surface area contributed by atoms with Crippen LogP contribution >= 0.6 is 11.8 Å². The van der Waals surface area contributed by atoms with Crippen LogP contribution in [0.3, 0.4) is 0 Å². The average Bonchev–Trinajstić information content (AvgIpc) is 2.66. The van der Waals surface area contributed by atoms with Gasteiger partial charge in [0, 0.05) is 11.4 Å². The Bertz CT molecular complexity index is 350. The molecule has 0 saturated heterocycles. The second kappa shape index (κ2) is 5.94. The van der Waals surface area contributed by atoms with Crippen molar-refractivity contribution in [3.63, 3.8) is 0 Å². The molecule has 5 heteroatoms. The minimum Gasteiger partial charge on any atom is -0.457 e. The summed E-state index contributed by atoms with van der Waals surface area (Å²) < 4.78 is 5.23. The number of nitrogens with one attached hydrogen (secondary N) is 1. The van der Waals surface area contributed by atoms with E-state index >= 15 is 0 Å². The summed E-state index contributed by atoms with van der Waals surface area (Å²) in [5.41, 5.74) is 1.31. The van der Waals surface area contributed by atoms with Crippen LogP contribution < -0.4 is 0 Å². The summed E-state index contributed by atoms with van der Waals surface area (Å²) in [5.74, 6) is 0.773. The van der Waals surface area contributed by atoms with E-state index in [0.717, 1.165) is 11.4 Å². The fraction of sp³-hybridized carbons (Fsp3) is 0.636. The van der Waals surface area contributed by atoms with E-state index < -0.39 is 0 Å². The molecule has 1 aromatic rings. The normalized spacial score (nSPS) is 12.8. The predicted octanol–water partition coefficient (Wildman–Crippen LogP) is 2.44. The van der Waals surface area contributed by atoms with Crippen molar-refractivity contribution >= 4 is 17.7 Å². The van der Waals surface area contributed by atoms with Gasteiger partial charge >= 0.3 is 5.97 Å². The number of ether oxygens (including phenoxy) is 1. The van der Waals surface area contributed by atoms with E-state index in [-0.39, 0.29) is 12.1 Å². The fourth-order valence-corrected chi connectivity index (χ4v) is 1.79. The maximum atomic E-state index is 11.7. The highest BCUT2D eigenvalue weighted by atomic mass is 32.2. The van der Waals surface area contributed by atoms with E-state index in [1.807, 2.05) is 27.0 Å². The molecule has 1 rings (SSSR count). The molecule has 4 nitrogen and oxygen atoms in total. The Kier molecular flexibility index (Phi) is 4.86. The maximum Gasteiger partial charge on any atom is 0.359 e. The Hall–Kier alpha value is -0.970. The van der Waals surface area contributed by atoms with Gasteiger partial charge in [-0.05, 0) is 25.2 Å². The Morgan fingerprint density at radius 2 is 2.25 bits per heavy atom. The molecule has 0 amide bonds. The Labute approximate surface area is 100 Å². The van der Waals surface area contributed by atoms with Crippen molar-refractivity contribution in [3.8, 4) is 0 Å². The van der Waals surface area contributed by atoms with Gasteiger partial charge in [-0.1, -0.05) is 13.8 Å². The van der Waals surface area contributed by atoms with Crippen LogP contribution in [0.25, 0.3) is 0 Å². The summed E-state index contributed by atoms with van der Waals surface area (Å²) in [4.78, 5) is 11.7. The lowest BCUT2D eigenvalue weighted by Gasteiger charge is -2.09. The molecule has 0 fully saturated rings. The third-order valence-electron chi connectivity index (χ3n) is 2.14. The second-order valence-corrected chi connectivity index (χ2v) is 4.95. The zero-order valence-electron chi connectivity index (χ0n) is 10.1. The van der Waals surface area contributed by atoms with Crippen LogP contribution in [-0.4, -0.2) is 34.3 Å². The summed E-state index contributed by atoms with van der Waals surface area (Å²) in [6.45, 7) is 5.96. The number of hydrogen-bond donors (Lipinski definition) is 1. The van der Waals surface area contributed by atoms with Gasteiger partial charge in [-0.25, -0.2) is 4.79 Å². The minimum absolute atomic E-state index is 0.0818. The van der Waals surface area contributed by atoms with Gasteiger partial charge in [-0.15, -0.1) is 0 Å². The van der Waals surface area contributed by atoms with Crippen molar-refractivity contribution in [1.29, 1.82) is 0 Å². The molecule has 16 heavy (non-hydrogen) atoms. The van der Waals surface area contributed by atoms with Crippen LogP contribution in [0.15, 0.2) is 6.07 Å². The number of aromatic amines is 1. The monoisotopic (exact) mass is 242 g/mol. The number of esters is 1. The molecule has 1 N–H and O–H groups in total. The van der Waals surface area contributed by atoms with Crippen LogP contribution in [0.4, 0.5) is 0 Å². The number of nitrogens with zero attached hydrogens (tertiary/aromatic N) is 1. The van der Waals surface area contributed by atoms with Gasteiger partial charge in [-0.2, -0.15) is 16.9 Å². The Balaban J connectivity index is 2.59. The quantitative estimate of drug-likeness (QED) is 0.806. The lowest BCUT2D eigenvalue weighted by atomic mass is 10.1. The third-order valence-corrected chi connectivity index (χ3v) is 2.94. The van der Waals surface area contributed by atoms with Crippen LogP contribution in [0, 0.1) is 0 Å². The summed E-state index contributed by atoms with van der Waals surface area (Å²) in [7, 11) is 0. The van der Waals surface area contributed by atoms with Crippen molar-refractivity contribution in [1.82, 2.24) is 10.2 Å². The molecule has 0 spiro atoms. The van der Waals surface area contributed by atoms with Crippen molar-refractivity contribution in [2.75, 3.05) is 12.0 Å². The van der Waals surface area contributed by atoms with Crippen molar-refractivity contribution in [2.24, 2.45) is 0 Å². The molecule has 0 aliphatic carbocycles. The molecule has 0 aliphatic rings. The molecule has 1 heterocycles. The SMILES string of the molecule is CSC[C@@H](C)OC(=O)c1cc(C(C)C)[nH]n1. The van der Waals surface area contributed by atoms with Crippen LogP contribution in [0.2, 0.25) is 0 Å². The second-order valence-electron chi connectivity index (χ2n) is 4.03. The number of carbonyl (C=O) groups is 1. The predicted molar refractivity (Wildman–Crippen MR) is 65.9 cm³/mol. The number of hydrogen-bond acceptors (Lipinski definition) is 4. The van der Waals surface area contributed by atoms with Gasteiger partial charge in [0.05, 0.1) is 0 Å². The zero-order valence-corrected chi connectivity index (χ0v) is 10.9. The number of H-pyrrole nitrogens is 1. The van der Waals surface area contributed by atoms with E-state index in [4.69, 9.17) is 4.74 Å². The average molecular weight is 242 g/mol.